The van der Waals surface area contributed by atoms with E-state index in [1.54, 1.807) is 14.2 Å². The molecular weight excluding hydrogens is 590 g/mol. The number of ketones is 1. The number of rotatable bonds is 5. The van der Waals surface area contributed by atoms with Crippen LogP contribution in [-0.2, 0) is 14.3 Å². The molecule has 0 radical (unpaired) electrons. The first-order valence-electron chi connectivity index (χ1n) is 18.4. The fourth-order valence-corrected chi connectivity index (χ4v) is 8.85. The number of aliphatic hydroxyl groups excluding tert-OH is 2. The summed E-state index contributed by atoms with van der Waals surface area (Å²) in [7, 11) is 3.43. The highest BCUT2D eigenvalue weighted by atomic mass is 16.5. The lowest BCUT2D eigenvalue weighted by Crippen LogP contribution is -2.51. The zero-order valence-electron chi connectivity index (χ0n) is 33.2. The van der Waals surface area contributed by atoms with Crippen molar-refractivity contribution in [1.29, 1.82) is 0 Å². The van der Waals surface area contributed by atoms with Gasteiger partial charge < -0.3 is 24.9 Å². The Labute approximate surface area is 290 Å². The average Bonchev–Trinajstić information content (AvgIpc) is 3.04. The molecule has 47 heavy (non-hydrogen) atoms. The van der Waals surface area contributed by atoms with Crippen LogP contribution in [0.1, 0.15) is 142 Å². The maximum atomic E-state index is 14.1. The number of oxime groups is 1. The van der Waals surface area contributed by atoms with Crippen LogP contribution in [0.4, 0.5) is 0 Å². The molecule has 7 heteroatoms. The summed E-state index contributed by atoms with van der Waals surface area (Å²) < 4.78 is 12.0. The topological polar surface area (TPSA) is 109 Å². The van der Waals surface area contributed by atoms with Crippen molar-refractivity contribution in [2.75, 3.05) is 14.2 Å². The van der Waals surface area contributed by atoms with E-state index in [0.717, 1.165) is 32.1 Å². The van der Waals surface area contributed by atoms with Crippen LogP contribution in [-0.4, -0.2) is 64.5 Å². The van der Waals surface area contributed by atoms with Crippen LogP contribution < -0.4 is 0 Å². The standard InChI is InChI=1S/C34H63NO6.C4H6.C2H6/c1-13-26-16-28(36)23(5)27(15-25-14-20(2)30(37)34(10,19-25)41-12)21(3)17-33(9,40-11)18-22(4)29(35-39)24(6)31(38)32(26,7)8;1-3-4-2;1-2/h20-27,30-31,37-39H,13-19H2,1-12H3;1-2H3;1-2H3/b35-29+;;/t20?,21-,22-,23?,24?,25+,26+,27+,30+,31?,33+,34-;;/m1../s1. The second kappa shape index (κ2) is 20.3. The van der Waals surface area contributed by atoms with Crippen LogP contribution in [0.3, 0.4) is 0 Å². The van der Waals surface area contributed by atoms with Gasteiger partial charge >= 0.3 is 0 Å². The van der Waals surface area contributed by atoms with Gasteiger partial charge in [-0.1, -0.05) is 80.8 Å². The zero-order valence-corrected chi connectivity index (χ0v) is 33.2. The highest BCUT2D eigenvalue weighted by Crippen LogP contribution is 2.47. The normalized spacial score (nSPS) is 40.8. The third-order valence-corrected chi connectivity index (χ3v) is 12.1. The summed E-state index contributed by atoms with van der Waals surface area (Å²) in [5, 5.41) is 36.4. The van der Waals surface area contributed by atoms with Crippen molar-refractivity contribution in [2.45, 2.75) is 165 Å². The lowest BCUT2D eigenvalue weighted by molar-refractivity contribution is -0.149. The second-order valence-corrected chi connectivity index (χ2v) is 15.7. The van der Waals surface area contributed by atoms with E-state index in [1.165, 1.54) is 0 Å². The molecule has 2 fully saturated rings. The Morgan fingerprint density at radius 3 is 1.85 bits per heavy atom. The predicted octanol–water partition coefficient (Wildman–Crippen LogP) is 8.81. The van der Waals surface area contributed by atoms with Crippen LogP contribution in [0, 0.1) is 64.6 Å². The number of methoxy groups -OCH3 is 2. The van der Waals surface area contributed by atoms with Crippen LogP contribution in [0.2, 0.25) is 0 Å². The molecule has 276 valence electrons. The first kappa shape index (κ1) is 45.5. The summed E-state index contributed by atoms with van der Waals surface area (Å²) in [6, 6.07) is 0. The molecule has 12 atom stereocenters. The molecule has 0 saturated heterocycles. The zero-order chi connectivity index (χ0) is 36.9. The average molecular weight is 666 g/mol. The Balaban J connectivity index is 0.00000326. The van der Waals surface area contributed by atoms with E-state index in [9.17, 15) is 20.2 Å². The molecule has 0 amide bonds. The summed E-state index contributed by atoms with van der Waals surface area (Å²) in [6.07, 6.45) is 3.90. The number of aliphatic hydroxyl groups is 2. The van der Waals surface area contributed by atoms with Gasteiger partial charge in [-0.2, -0.15) is 0 Å². The largest absolute Gasteiger partial charge is 0.411 e. The molecule has 2 aliphatic carbocycles. The smallest absolute Gasteiger partial charge is 0.136 e. The molecule has 0 spiro atoms. The minimum atomic E-state index is -0.766. The summed E-state index contributed by atoms with van der Waals surface area (Å²) >= 11 is 0. The Kier molecular flexibility index (Phi) is 19.6. The Bertz CT molecular complexity index is 1010. The molecule has 0 aromatic carbocycles. The molecule has 0 aromatic rings. The van der Waals surface area contributed by atoms with Crippen molar-refractivity contribution in [3.8, 4) is 11.8 Å². The number of hydrogen-bond acceptors (Lipinski definition) is 7. The third kappa shape index (κ3) is 11.8. The predicted molar refractivity (Wildman–Crippen MR) is 196 cm³/mol. The van der Waals surface area contributed by atoms with E-state index in [2.05, 4.69) is 58.5 Å². The highest BCUT2D eigenvalue weighted by Gasteiger charge is 2.47. The monoisotopic (exact) mass is 666 g/mol. The second-order valence-electron chi connectivity index (χ2n) is 15.7. The quantitative estimate of drug-likeness (QED) is 0.154. The van der Waals surface area contributed by atoms with Crippen LogP contribution in [0.25, 0.3) is 0 Å². The lowest BCUT2D eigenvalue weighted by Gasteiger charge is -2.47. The van der Waals surface area contributed by atoms with Crippen molar-refractivity contribution >= 4 is 11.5 Å². The fourth-order valence-electron chi connectivity index (χ4n) is 8.85. The van der Waals surface area contributed by atoms with Gasteiger partial charge in [-0.05, 0) is 94.8 Å². The molecule has 0 aromatic heterocycles. The van der Waals surface area contributed by atoms with E-state index in [-0.39, 0.29) is 47.2 Å². The molecule has 2 rings (SSSR count). The summed E-state index contributed by atoms with van der Waals surface area (Å²) in [5.74, 6) is 5.80. The molecule has 2 saturated carbocycles. The van der Waals surface area contributed by atoms with E-state index < -0.39 is 28.8 Å². The Morgan fingerprint density at radius 2 is 1.40 bits per heavy atom. The van der Waals surface area contributed by atoms with Crippen LogP contribution >= 0.6 is 0 Å². The van der Waals surface area contributed by atoms with Gasteiger partial charge in [0, 0.05) is 38.4 Å². The van der Waals surface area contributed by atoms with Gasteiger partial charge in [-0.3, -0.25) is 4.79 Å². The van der Waals surface area contributed by atoms with Crippen LogP contribution in [0.15, 0.2) is 5.16 Å². The van der Waals surface area contributed by atoms with Crippen molar-refractivity contribution < 1.29 is 29.7 Å². The molecule has 0 bridgehead atoms. The summed E-state index contributed by atoms with van der Waals surface area (Å²) in [5.41, 5.74) is -1.06. The van der Waals surface area contributed by atoms with Gasteiger partial charge in [-0.25, -0.2) is 0 Å². The van der Waals surface area contributed by atoms with E-state index >= 15 is 0 Å². The van der Waals surface area contributed by atoms with Crippen molar-refractivity contribution in [1.82, 2.24) is 0 Å². The minimum absolute atomic E-state index is 0.00470. The van der Waals surface area contributed by atoms with E-state index in [0.29, 0.717) is 24.5 Å². The van der Waals surface area contributed by atoms with Gasteiger partial charge in [-0.15, -0.1) is 11.8 Å². The molecule has 0 heterocycles. The molecule has 7 nitrogen and oxygen atoms in total. The third-order valence-electron chi connectivity index (χ3n) is 12.1. The van der Waals surface area contributed by atoms with Crippen LogP contribution in [0.5, 0.6) is 0 Å². The van der Waals surface area contributed by atoms with Gasteiger partial charge in [0.05, 0.1) is 29.1 Å². The van der Waals surface area contributed by atoms with Gasteiger partial charge in [0.2, 0.25) is 0 Å². The number of hydrogen-bond donors (Lipinski definition) is 3. The minimum Gasteiger partial charge on any atom is -0.411 e. The fraction of sp³-hybridized carbons (Fsp3) is 0.900. The number of ether oxygens (including phenoxy) is 2. The molecular formula is C40H75NO6. The molecule has 0 aliphatic heterocycles. The molecule has 4 unspecified atom stereocenters. The van der Waals surface area contributed by atoms with Crippen molar-refractivity contribution in [3.05, 3.63) is 0 Å². The SMILES string of the molecule is CC.CC#CC.CC[C@H]1CC(=O)C(C)[C@@H](C[C@@H]2CC(C)[C@H](O)[C@](C)(OC)C2)[C@H](C)C[C@](C)(OC)C[C@@H](C)/C(=N\O)C(C)C(O)C1(C)C. The summed E-state index contributed by atoms with van der Waals surface area (Å²) in [4.78, 5) is 14.1. The van der Waals surface area contributed by atoms with Gasteiger partial charge in [0.15, 0.2) is 0 Å². The Hall–Kier alpha value is -1.46. The highest BCUT2D eigenvalue weighted by molar-refractivity contribution is 5.88. The maximum absolute atomic E-state index is 14.1. The van der Waals surface area contributed by atoms with Crippen molar-refractivity contribution in [3.63, 3.8) is 0 Å². The summed E-state index contributed by atoms with van der Waals surface area (Å²) in [6.45, 7) is 28.4. The number of carbonyl (C=O) groups is 1. The molecule has 3 N–H and O–H groups in total. The Morgan fingerprint density at radius 1 is 0.851 bits per heavy atom. The van der Waals surface area contributed by atoms with Crippen molar-refractivity contribution in [2.24, 2.45) is 57.9 Å². The number of nitrogens with zero attached hydrogens (tertiary/aromatic N) is 1. The van der Waals surface area contributed by atoms with Gasteiger partial charge in [0.1, 0.15) is 5.78 Å². The van der Waals surface area contributed by atoms with E-state index in [4.69, 9.17) is 9.47 Å². The number of Topliss-reactive ketones (excluding diaryl/α,β-unsaturated/α-hetero) is 1. The van der Waals surface area contributed by atoms with Gasteiger partial charge in [0.25, 0.3) is 0 Å². The first-order chi connectivity index (χ1) is 21.8. The van der Waals surface area contributed by atoms with E-state index in [1.807, 2.05) is 55.4 Å². The maximum Gasteiger partial charge on any atom is 0.136 e. The first-order valence-corrected chi connectivity index (χ1v) is 18.4. The number of carbonyl (C=O) groups excluding carboxylic acids is 1. The molecule has 2 aliphatic rings. The lowest BCUT2D eigenvalue weighted by atomic mass is 9.62.